The van der Waals surface area contributed by atoms with Crippen LogP contribution in [0.1, 0.15) is 15.2 Å². The van der Waals surface area contributed by atoms with Gasteiger partial charge in [-0.25, -0.2) is 4.79 Å². The van der Waals surface area contributed by atoms with E-state index in [1.54, 1.807) is 6.07 Å². The molecule has 0 fully saturated rings. The second-order valence-electron chi connectivity index (χ2n) is 1.89. The molecule has 0 spiro atoms. The summed E-state index contributed by atoms with van der Waals surface area (Å²) < 4.78 is 0. The molecule has 2 N–H and O–H groups in total. The summed E-state index contributed by atoms with van der Waals surface area (Å²) in [5, 5.41) is 1.87. The normalized spacial score (nSPS) is 9.40. The number of carbonyl (C=O) groups is 1. The lowest BCUT2D eigenvalue weighted by atomic mass is 10.3. The summed E-state index contributed by atoms with van der Waals surface area (Å²) in [6.07, 6.45) is 0. The molecule has 0 bridgehead atoms. The first-order chi connectivity index (χ1) is 4.74. The SMILES string of the molecule is Cc1csc(C(=O)ON)c1. The zero-order valence-corrected chi connectivity index (χ0v) is 6.27. The van der Waals surface area contributed by atoms with Crippen molar-refractivity contribution in [1.82, 2.24) is 0 Å². The van der Waals surface area contributed by atoms with Gasteiger partial charge in [-0.3, -0.25) is 0 Å². The van der Waals surface area contributed by atoms with Gasteiger partial charge >= 0.3 is 5.97 Å². The Labute approximate surface area is 62.4 Å². The zero-order valence-electron chi connectivity index (χ0n) is 5.46. The van der Waals surface area contributed by atoms with Crippen molar-refractivity contribution in [2.75, 3.05) is 0 Å². The minimum Gasteiger partial charge on any atom is -0.369 e. The van der Waals surface area contributed by atoms with Crippen molar-refractivity contribution in [3.05, 3.63) is 21.9 Å². The van der Waals surface area contributed by atoms with Gasteiger partial charge in [-0.2, -0.15) is 5.90 Å². The number of carbonyl (C=O) groups excluding carboxylic acids is 1. The van der Waals surface area contributed by atoms with Crippen molar-refractivity contribution in [2.24, 2.45) is 5.90 Å². The predicted octanol–water partition coefficient (Wildman–Crippen LogP) is 1.09. The average molecular weight is 157 g/mol. The Morgan fingerprint density at radius 3 is 2.90 bits per heavy atom. The summed E-state index contributed by atoms with van der Waals surface area (Å²) in [6.45, 7) is 1.91. The van der Waals surface area contributed by atoms with Crippen LogP contribution in [0.4, 0.5) is 0 Å². The van der Waals surface area contributed by atoms with E-state index in [2.05, 4.69) is 10.7 Å². The molecule has 0 amide bonds. The van der Waals surface area contributed by atoms with E-state index in [9.17, 15) is 4.79 Å². The van der Waals surface area contributed by atoms with E-state index < -0.39 is 5.97 Å². The molecule has 0 atom stereocenters. The smallest absolute Gasteiger partial charge is 0.366 e. The molecule has 0 saturated heterocycles. The quantitative estimate of drug-likeness (QED) is 0.621. The van der Waals surface area contributed by atoms with Gasteiger partial charge in [-0.1, -0.05) is 0 Å². The molecule has 0 unspecified atom stereocenters. The van der Waals surface area contributed by atoms with Crippen LogP contribution in [0.2, 0.25) is 0 Å². The Hall–Kier alpha value is -0.870. The fourth-order valence-corrected chi connectivity index (χ4v) is 1.38. The fourth-order valence-electron chi connectivity index (χ4n) is 0.596. The van der Waals surface area contributed by atoms with E-state index >= 15 is 0 Å². The maximum absolute atomic E-state index is 10.7. The molecule has 0 aliphatic rings. The van der Waals surface area contributed by atoms with Gasteiger partial charge in [0.1, 0.15) is 4.88 Å². The third kappa shape index (κ3) is 1.34. The lowest BCUT2D eigenvalue weighted by Crippen LogP contribution is -2.07. The highest BCUT2D eigenvalue weighted by molar-refractivity contribution is 7.12. The van der Waals surface area contributed by atoms with Crippen LogP contribution >= 0.6 is 11.3 Å². The van der Waals surface area contributed by atoms with Crippen LogP contribution in [0, 0.1) is 6.92 Å². The maximum atomic E-state index is 10.7. The summed E-state index contributed by atoms with van der Waals surface area (Å²) in [7, 11) is 0. The predicted molar refractivity (Wildman–Crippen MR) is 38.7 cm³/mol. The van der Waals surface area contributed by atoms with Crippen LogP contribution in [0.5, 0.6) is 0 Å². The third-order valence-electron chi connectivity index (χ3n) is 1.04. The Bertz CT molecular complexity index is 244. The summed E-state index contributed by atoms with van der Waals surface area (Å²) in [5.74, 6) is 4.20. The van der Waals surface area contributed by atoms with Crippen molar-refractivity contribution in [3.63, 3.8) is 0 Å². The molecular weight excluding hydrogens is 150 g/mol. The Kier molecular flexibility index (Phi) is 2.03. The maximum Gasteiger partial charge on any atom is 0.366 e. The zero-order chi connectivity index (χ0) is 7.56. The molecular formula is C6H7NO2S. The van der Waals surface area contributed by atoms with Crippen LogP contribution in [0.25, 0.3) is 0 Å². The lowest BCUT2D eigenvalue weighted by molar-refractivity contribution is 0.0509. The fraction of sp³-hybridized carbons (Fsp3) is 0.167. The number of hydrogen-bond donors (Lipinski definition) is 1. The number of aryl methyl sites for hydroxylation is 1. The van der Waals surface area contributed by atoms with Crippen LogP contribution in [0.3, 0.4) is 0 Å². The number of nitrogens with two attached hydrogens (primary N) is 1. The highest BCUT2D eigenvalue weighted by Gasteiger charge is 2.06. The molecule has 0 saturated carbocycles. The van der Waals surface area contributed by atoms with Gasteiger partial charge in [0.25, 0.3) is 0 Å². The van der Waals surface area contributed by atoms with Gasteiger partial charge in [0.05, 0.1) is 0 Å². The number of hydrogen-bond acceptors (Lipinski definition) is 4. The van der Waals surface area contributed by atoms with Crippen LogP contribution < -0.4 is 5.90 Å². The summed E-state index contributed by atoms with van der Waals surface area (Å²) in [4.78, 5) is 15.3. The first-order valence-electron chi connectivity index (χ1n) is 2.70. The van der Waals surface area contributed by atoms with Crippen molar-refractivity contribution in [3.8, 4) is 0 Å². The first-order valence-corrected chi connectivity index (χ1v) is 3.58. The highest BCUT2D eigenvalue weighted by atomic mass is 32.1. The van der Waals surface area contributed by atoms with E-state index in [0.29, 0.717) is 4.88 Å². The second-order valence-corrected chi connectivity index (χ2v) is 2.80. The van der Waals surface area contributed by atoms with Crippen LogP contribution in [0.15, 0.2) is 11.4 Å². The largest absolute Gasteiger partial charge is 0.369 e. The Morgan fingerprint density at radius 2 is 2.50 bits per heavy atom. The number of rotatable bonds is 1. The molecule has 1 aromatic heterocycles. The van der Waals surface area contributed by atoms with Crippen LogP contribution in [-0.4, -0.2) is 5.97 Å². The van der Waals surface area contributed by atoms with E-state index in [4.69, 9.17) is 0 Å². The molecule has 1 rings (SSSR count). The van der Waals surface area contributed by atoms with Crippen molar-refractivity contribution in [2.45, 2.75) is 6.92 Å². The van der Waals surface area contributed by atoms with Crippen molar-refractivity contribution >= 4 is 17.3 Å². The van der Waals surface area contributed by atoms with E-state index in [0.717, 1.165) is 5.56 Å². The summed E-state index contributed by atoms with van der Waals surface area (Å²) >= 11 is 1.33. The minimum absolute atomic E-state index is 0.474. The first kappa shape index (κ1) is 7.24. The molecule has 0 aromatic carbocycles. The van der Waals surface area contributed by atoms with Crippen molar-refractivity contribution < 1.29 is 9.63 Å². The monoisotopic (exact) mass is 157 g/mol. The molecule has 1 heterocycles. The Morgan fingerprint density at radius 1 is 1.80 bits per heavy atom. The third-order valence-corrected chi connectivity index (χ3v) is 2.07. The highest BCUT2D eigenvalue weighted by Crippen LogP contribution is 2.13. The molecule has 10 heavy (non-hydrogen) atoms. The molecule has 0 radical (unpaired) electrons. The molecule has 54 valence electrons. The standard InChI is InChI=1S/C6H7NO2S/c1-4-2-5(10-3-4)6(8)9-7/h2-3H,7H2,1H3. The average Bonchev–Trinajstić information content (AvgIpc) is 2.34. The van der Waals surface area contributed by atoms with Gasteiger partial charge in [-0.15, -0.1) is 11.3 Å². The number of thiophene rings is 1. The van der Waals surface area contributed by atoms with Crippen molar-refractivity contribution in [1.29, 1.82) is 0 Å². The lowest BCUT2D eigenvalue weighted by Gasteiger charge is -1.89. The van der Waals surface area contributed by atoms with Crippen LogP contribution in [-0.2, 0) is 4.84 Å². The van der Waals surface area contributed by atoms with E-state index in [1.165, 1.54) is 11.3 Å². The second kappa shape index (κ2) is 2.81. The molecule has 1 aromatic rings. The molecule has 0 aliphatic heterocycles. The van der Waals surface area contributed by atoms with Gasteiger partial charge in [0.15, 0.2) is 0 Å². The van der Waals surface area contributed by atoms with E-state index in [-0.39, 0.29) is 0 Å². The molecule has 3 nitrogen and oxygen atoms in total. The van der Waals surface area contributed by atoms with Gasteiger partial charge in [0.2, 0.25) is 0 Å². The Balaban J connectivity index is 2.85. The summed E-state index contributed by atoms with van der Waals surface area (Å²) in [5.41, 5.74) is 1.05. The minimum atomic E-state index is -0.474. The topological polar surface area (TPSA) is 52.3 Å². The summed E-state index contributed by atoms with van der Waals surface area (Å²) in [6, 6.07) is 1.74. The van der Waals surface area contributed by atoms with Gasteiger partial charge < -0.3 is 4.84 Å². The van der Waals surface area contributed by atoms with E-state index in [1.807, 2.05) is 12.3 Å². The van der Waals surface area contributed by atoms with Gasteiger partial charge in [-0.05, 0) is 23.9 Å². The van der Waals surface area contributed by atoms with Gasteiger partial charge in [0, 0.05) is 0 Å². The molecule has 0 aliphatic carbocycles. The molecule has 4 heteroatoms.